The van der Waals surface area contributed by atoms with Gasteiger partial charge in [-0.1, -0.05) is 0 Å². The van der Waals surface area contributed by atoms with Crippen molar-refractivity contribution < 1.29 is 25.5 Å². The quantitative estimate of drug-likeness (QED) is 0.270. The van der Waals surface area contributed by atoms with Gasteiger partial charge < -0.3 is 25.5 Å². The molecule has 0 aromatic carbocycles. The molecule has 0 rings (SSSR count). The summed E-state index contributed by atoms with van der Waals surface area (Å²) in [5.74, 6) is 0. The number of hydrogen-bond acceptors (Lipinski definition) is 7. The number of nitrogens with zero attached hydrogens (tertiary/aromatic N) is 1. The molecule has 0 fully saturated rings. The Morgan fingerprint density at radius 1 is 0.933 bits per heavy atom. The molecule has 0 aromatic heterocycles. The van der Waals surface area contributed by atoms with Gasteiger partial charge in [-0.3, -0.25) is 0 Å². The van der Waals surface area contributed by atoms with Crippen LogP contribution in [0.15, 0.2) is 5.11 Å². The average Bonchev–Trinajstić information content (AvgIpc) is 2.21. The first-order chi connectivity index (χ1) is 7.05. The van der Waals surface area contributed by atoms with E-state index in [9.17, 15) is 5.11 Å². The predicted molar refractivity (Wildman–Crippen MR) is 50.4 cm³/mol. The van der Waals surface area contributed by atoms with Crippen molar-refractivity contribution in [2.45, 2.75) is 24.0 Å². The van der Waals surface area contributed by atoms with Crippen molar-refractivity contribution in [2.24, 2.45) is 5.11 Å². The lowest BCUT2D eigenvalue weighted by Gasteiger charge is -2.40. The normalized spacial score (nSPS) is 12.9. The van der Waals surface area contributed by atoms with Crippen LogP contribution in [-0.4, -0.2) is 63.1 Å². The second-order valence-electron chi connectivity index (χ2n) is 3.44. The van der Waals surface area contributed by atoms with Crippen LogP contribution >= 0.6 is 0 Å². The first-order valence-electron chi connectivity index (χ1n) is 4.60. The molecule has 0 aliphatic rings. The lowest BCUT2D eigenvalue weighted by molar-refractivity contribution is -0.104. The second-order valence-corrected chi connectivity index (χ2v) is 3.44. The molecule has 0 saturated carbocycles. The smallest absolute Gasteiger partial charge is 0.156 e. The van der Waals surface area contributed by atoms with E-state index in [2.05, 4.69) is 5.11 Å². The van der Waals surface area contributed by atoms with Crippen molar-refractivity contribution in [1.82, 2.24) is 0 Å². The van der Waals surface area contributed by atoms with Gasteiger partial charge in [0.2, 0.25) is 0 Å². The van der Waals surface area contributed by atoms with Crippen molar-refractivity contribution in [3.05, 3.63) is 0 Å². The zero-order valence-corrected chi connectivity index (χ0v) is 8.43. The third-order valence-electron chi connectivity index (χ3n) is 2.65. The van der Waals surface area contributed by atoms with Gasteiger partial charge in [0.1, 0.15) is 5.60 Å². The topological polar surface area (TPSA) is 137 Å². The van der Waals surface area contributed by atoms with E-state index in [0.29, 0.717) is 0 Å². The molecule has 0 aromatic rings. The molecule has 0 heterocycles. The summed E-state index contributed by atoms with van der Waals surface area (Å²) in [5.41, 5.74) is 3.33. The molecule has 0 amide bonds. The predicted octanol–water partition coefficient (Wildman–Crippen LogP) is -1.76. The Kier molecular flexibility index (Phi) is 5.84. The van der Waals surface area contributed by atoms with Gasteiger partial charge in [0.05, 0.1) is 13.2 Å². The maximum atomic E-state index is 10.1. The molecule has 0 unspecified atom stereocenters. The highest BCUT2D eigenvalue weighted by atomic mass is 16.3. The second kappa shape index (κ2) is 6.09. The molecule has 6 N–H and O–H groups in total. The van der Waals surface area contributed by atoms with Crippen molar-refractivity contribution in [2.75, 3.05) is 26.4 Å². The molecule has 90 valence electrons. The standard InChI is InChI=1S/C8H18N2O5/c9-10-7(5-13,6-14)8(15,1-3-11)2-4-12/h9,11-15H,1-6H2. The van der Waals surface area contributed by atoms with Gasteiger partial charge in [-0.05, 0) is 0 Å². The monoisotopic (exact) mass is 222 g/mol. The third kappa shape index (κ3) is 2.70. The zero-order chi connectivity index (χ0) is 11.9. The summed E-state index contributed by atoms with van der Waals surface area (Å²) in [5, 5.41) is 48.8. The largest absolute Gasteiger partial charge is 0.396 e. The zero-order valence-electron chi connectivity index (χ0n) is 8.43. The summed E-state index contributed by atoms with van der Waals surface area (Å²) in [6.45, 7) is -2.26. The summed E-state index contributed by atoms with van der Waals surface area (Å²) >= 11 is 0. The van der Waals surface area contributed by atoms with E-state index in [1.54, 1.807) is 0 Å². The summed E-state index contributed by atoms with van der Waals surface area (Å²) in [7, 11) is 0. The van der Waals surface area contributed by atoms with E-state index >= 15 is 0 Å². The SMILES string of the molecule is N=NC(CO)(CO)C(O)(CCO)CCO. The minimum Gasteiger partial charge on any atom is -0.396 e. The van der Waals surface area contributed by atoms with Crippen LogP contribution < -0.4 is 0 Å². The van der Waals surface area contributed by atoms with Crippen LogP contribution in [-0.2, 0) is 0 Å². The summed E-state index contributed by atoms with van der Waals surface area (Å²) in [4.78, 5) is 0. The van der Waals surface area contributed by atoms with E-state index in [4.69, 9.17) is 26.0 Å². The van der Waals surface area contributed by atoms with E-state index in [1.807, 2.05) is 0 Å². The summed E-state index contributed by atoms with van der Waals surface area (Å²) in [6.07, 6.45) is -0.367. The molecule has 0 saturated heterocycles. The molecule has 0 aliphatic carbocycles. The Labute approximate surface area is 87.5 Å². The molecule has 0 radical (unpaired) electrons. The average molecular weight is 222 g/mol. The number of rotatable bonds is 8. The Balaban J connectivity index is 5.05. The number of hydrogen-bond donors (Lipinski definition) is 6. The van der Waals surface area contributed by atoms with Gasteiger partial charge in [0, 0.05) is 26.1 Å². The highest BCUT2D eigenvalue weighted by Gasteiger charge is 2.49. The van der Waals surface area contributed by atoms with Gasteiger partial charge in [-0.15, -0.1) is 0 Å². The molecule has 0 aliphatic heterocycles. The summed E-state index contributed by atoms with van der Waals surface area (Å²) in [6, 6.07) is 0. The van der Waals surface area contributed by atoms with E-state index in [-0.39, 0.29) is 12.8 Å². The molecule has 7 heteroatoms. The Bertz CT molecular complexity index is 189. The fraction of sp³-hybridized carbons (Fsp3) is 1.00. The number of aliphatic hydroxyl groups excluding tert-OH is 4. The van der Waals surface area contributed by atoms with E-state index < -0.39 is 37.6 Å². The molecule has 0 atom stereocenters. The fourth-order valence-corrected chi connectivity index (χ4v) is 1.48. The molecular formula is C8H18N2O5. The Morgan fingerprint density at radius 2 is 1.33 bits per heavy atom. The first-order valence-corrected chi connectivity index (χ1v) is 4.60. The van der Waals surface area contributed by atoms with Crippen LogP contribution in [0.2, 0.25) is 0 Å². The maximum Gasteiger partial charge on any atom is 0.156 e. The molecule has 15 heavy (non-hydrogen) atoms. The summed E-state index contributed by atoms with van der Waals surface area (Å²) < 4.78 is 0. The van der Waals surface area contributed by atoms with Crippen LogP contribution in [0.3, 0.4) is 0 Å². The lowest BCUT2D eigenvalue weighted by Crippen LogP contribution is -2.58. The minimum absolute atomic E-state index is 0.183. The Morgan fingerprint density at radius 3 is 1.53 bits per heavy atom. The number of nitrogens with one attached hydrogen (secondary N) is 1. The minimum atomic E-state index is -1.79. The van der Waals surface area contributed by atoms with Crippen molar-refractivity contribution in [1.29, 1.82) is 5.53 Å². The highest BCUT2D eigenvalue weighted by Crippen LogP contribution is 2.32. The van der Waals surface area contributed by atoms with Crippen LogP contribution in [0.1, 0.15) is 12.8 Å². The fourth-order valence-electron chi connectivity index (χ4n) is 1.48. The third-order valence-corrected chi connectivity index (χ3v) is 2.65. The maximum absolute atomic E-state index is 10.1. The highest BCUT2D eigenvalue weighted by molar-refractivity contribution is 5.04. The molecule has 0 bridgehead atoms. The van der Waals surface area contributed by atoms with Gasteiger partial charge in [-0.25, -0.2) is 5.53 Å². The lowest BCUT2D eigenvalue weighted by atomic mass is 9.77. The van der Waals surface area contributed by atoms with Crippen LogP contribution in [0.4, 0.5) is 0 Å². The molecular weight excluding hydrogens is 204 g/mol. The van der Waals surface area contributed by atoms with Crippen LogP contribution in [0.5, 0.6) is 0 Å². The van der Waals surface area contributed by atoms with Gasteiger partial charge in [0.15, 0.2) is 5.54 Å². The van der Waals surface area contributed by atoms with Crippen molar-refractivity contribution in [3.8, 4) is 0 Å². The first kappa shape index (κ1) is 14.4. The van der Waals surface area contributed by atoms with Gasteiger partial charge in [-0.2, -0.15) is 5.11 Å². The molecule has 7 nitrogen and oxygen atoms in total. The van der Waals surface area contributed by atoms with Crippen LogP contribution in [0.25, 0.3) is 0 Å². The van der Waals surface area contributed by atoms with Gasteiger partial charge >= 0.3 is 0 Å². The van der Waals surface area contributed by atoms with Crippen LogP contribution in [0, 0.1) is 5.53 Å². The van der Waals surface area contributed by atoms with Crippen molar-refractivity contribution >= 4 is 0 Å². The van der Waals surface area contributed by atoms with Crippen molar-refractivity contribution in [3.63, 3.8) is 0 Å². The number of aliphatic hydroxyl groups is 5. The molecule has 0 spiro atoms. The van der Waals surface area contributed by atoms with E-state index in [1.165, 1.54) is 0 Å². The van der Waals surface area contributed by atoms with Gasteiger partial charge in [0.25, 0.3) is 0 Å². The van der Waals surface area contributed by atoms with E-state index in [0.717, 1.165) is 0 Å². The Hall–Kier alpha value is -0.600.